The molecule has 0 spiro atoms. The Hall–Kier alpha value is -1.97. The Morgan fingerprint density at radius 2 is 2.08 bits per heavy atom. The third-order valence-corrected chi connectivity index (χ3v) is 7.52. The smallest absolute Gasteiger partial charge is 0.252 e. The van der Waals surface area contributed by atoms with E-state index in [1.54, 1.807) is 23.1 Å². The summed E-state index contributed by atoms with van der Waals surface area (Å²) in [4.78, 5) is 28.2. The van der Waals surface area contributed by atoms with Gasteiger partial charge in [-0.2, -0.15) is 0 Å². The highest BCUT2D eigenvalue weighted by molar-refractivity contribution is 14.1. The van der Waals surface area contributed by atoms with Gasteiger partial charge in [-0.05, 0) is 72.5 Å². The molecule has 1 aromatic carbocycles. The van der Waals surface area contributed by atoms with Crippen LogP contribution >= 0.6 is 22.6 Å². The predicted octanol–water partition coefficient (Wildman–Crippen LogP) is 1.14. The predicted molar refractivity (Wildman–Crippen MR) is 150 cm³/mol. The fourth-order valence-corrected chi connectivity index (χ4v) is 5.57. The lowest BCUT2D eigenvalue weighted by molar-refractivity contribution is -0.148. The minimum atomic E-state index is -1.17. The Morgan fingerprint density at radius 1 is 1.28 bits per heavy atom. The number of amides is 2. The maximum atomic E-state index is 13.6. The molecule has 4 N–H and O–H groups in total. The number of carbonyl (C=O) groups is 2. The molecule has 4 unspecified atom stereocenters. The summed E-state index contributed by atoms with van der Waals surface area (Å²) in [6, 6.07) is 2.61. The normalized spacial score (nSPS) is 22.8. The summed E-state index contributed by atoms with van der Waals surface area (Å²) in [7, 11) is 1.48. The molecule has 0 saturated carbocycles. The summed E-state index contributed by atoms with van der Waals surface area (Å²) in [6.07, 6.45) is 0.803. The van der Waals surface area contributed by atoms with Gasteiger partial charge in [-0.25, -0.2) is 0 Å². The molecule has 1 aliphatic heterocycles. The van der Waals surface area contributed by atoms with Crippen LogP contribution < -0.4 is 14.8 Å². The fraction of sp³-hybridized carbons (Fsp3) is 0.630. The Morgan fingerprint density at radius 3 is 2.72 bits per heavy atom. The first-order valence-electron chi connectivity index (χ1n) is 13.3. The number of aliphatic hydroxyl groups is 3. The lowest BCUT2D eigenvalue weighted by Gasteiger charge is -2.41. The number of methoxy groups -OCH3 is 1. The molecule has 1 heterocycles. The monoisotopic (exact) mass is 662 g/mol. The average Bonchev–Trinajstić information content (AvgIpc) is 3.48. The molecule has 1 fully saturated rings. The highest BCUT2D eigenvalue weighted by Crippen LogP contribution is 2.37. The first-order chi connectivity index (χ1) is 18.8. The molecule has 2 amide bonds. The van der Waals surface area contributed by atoms with Gasteiger partial charge in [0.25, 0.3) is 5.91 Å². The summed E-state index contributed by atoms with van der Waals surface area (Å²) in [5.74, 6) is 0.0672. The van der Waals surface area contributed by atoms with Gasteiger partial charge in [0.15, 0.2) is 11.5 Å². The molecule has 1 aliphatic carbocycles. The lowest BCUT2D eigenvalue weighted by Crippen LogP contribution is -2.57. The van der Waals surface area contributed by atoms with Crippen molar-refractivity contribution in [1.29, 1.82) is 0 Å². The summed E-state index contributed by atoms with van der Waals surface area (Å²) in [6.45, 7) is 3.36. The van der Waals surface area contributed by atoms with Crippen molar-refractivity contribution in [2.75, 3.05) is 46.6 Å². The largest absolute Gasteiger partial charge is 0.493 e. The highest BCUT2D eigenvalue weighted by atomic mass is 127. The van der Waals surface area contributed by atoms with E-state index in [1.807, 2.05) is 6.92 Å². The molecule has 1 aromatic rings. The van der Waals surface area contributed by atoms with E-state index in [0.29, 0.717) is 65.4 Å². The first kappa shape index (κ1) is 31.6. The van der Waals surface area contributed by atoms with Gasteiger partial charge in [0.2, 0.25) is 5.91 Å². The molecule has 4 atom stereocenters. The van der Waals surface area contributed by atoms with E-state index >= 15 is 0 Å². The van der Waals surface area contributed by atoms with E-state index < -0.39 is 30.3 Å². The van der Waals surface area contributed by atoms with E-state index in [-0.39, 0.29) is 32.1 Å². The fourth-order valence-electron chi connectivity index (χ4n) is 4.77. The van der Waals surface area contributed by atoms with Crippen LogP contribution in [-0.2, 0) is 25.7 Å². The SMILES string of the molecule is CCOCCCN(C(=O)C1CCCO1)C1CC(C(=O)NCCO)=CC(Oc2c(I)cc(CO)cc2OC)C1O. The zero-order valence-electron chi connectivity index (χ0n) is 22.4. The zero-order valence-corrected chi connectivity index (χ0v) is 24.6. The number of nitrogens with one attached hydrogen (secondary N) is 1. The van der Waals surface area contributed by atoms with E-state index in [1.165, 1.54) is 7.11 Å². The van der Waals surface area contributed by atoms with Crippen LogP contribution in [0.15, 0.2) is 23.8 Å². The van der Waals surface area contributed by atoms with Crippen LogP contribution in [-0.4, -0.2) is 103 Å². The minimum Gasteiger partial charge on any atom is -0.493 e. The van der Waals surface area contributed by atoms with Crippen molar-refractivity contribution in [2.45, 2.75) is 63.6 Å². The van der Waals surface area contributed by atoms with E-state index in [4.69, 9.17) is 18.9 Å². The minimum absolute atomic E-state index is 0.0657. The standard InChI is InChI=1S/C27H39IN2O9/c1-3-37-10-5-8-30(27(35)21-6-4-11-38-21)20-14-18(26(34)29-7-9-31)15-22(24(20)33)39-25-19(28)12-17(16-32)13-23(25)36-2/h12-13,15,20-22,24,31-33H,3-11,14,16H2,1-2H3,(H,29,34). The van der Waals surface area contributed by atoms with E-state index in [0.717, 1.165) is 6.42 Å². The van der Waals surface area contributed by atoms with Crippen LogP contribution in [0.1, 0.15) is 38.2 Å². The van der Waals surface area contributed by atoms with Crippen molar-refractivity contribution in [1.82, 2.24) is 10.2 Å². The van der Waals surface area contributed by atoms with Gasteiger partial charge in [-0.1, -0.05) is 0 Å². The summed E-state index contributed by atoms with van der Waals surface area (Å²) < 4.78 is 23.5. The molecule has 218 valence electrons. The van der Waals surface area contributed by atoms with Gasteiger partial charge in [0, 0.05) is 44.9 Å². The van der Waals surface area contributed by atoms with Crippen LogP contribution in [0.5, 0.6) is 11.5 Å². The second kappa shape index (κ2) is 15.7. The highest BCUT2D eigenvalue weighted by Gasteiger charge is 2.42. The van der Waals surface area contributed by atoms with Gasteiger partial charge in [0.1, 0.15) is 18.3 Å². The van der Waals surface area contributed by atoms with Crippen molar-refractivity contribution < 1.29 is 43.9 Å². The number of hydrogen-bond donors (Lipinski definition) is 4. The maximum Gasteiger partial charge on any atom is 0.252 e. The molecule has 0 radical (unpaired) electrons. The molecule has 0 aromatic heterocycles. The molecule has 11 nitrogen and oxygen atoms in total. The first-order valence-corrected chi connectivity index (χ1v) is 14.3. The zero-order chi connectivity index (χ0) is 28.4. The summed E-state index contributed by atoms with van der Waals surface area (Å²) in [5.41, 5.74) is 0.965. The Kier molecular flexibility index (Phi) is 12.7. The number of rotatable bonds is 14. The number of hydrogen-bond acceptors (Lipinski definition) is 9. The molecule has 39 heavy (non-hydrogen) atoms. The topological polar surface area (TPSA) is 147 Å². The Balaban J connectivity index is 1.96. The van der Waals surface area contributed by atoms with Crippen molar-refractivity contribution in [3.63, 3.8) is 0 Å². The van der Waals surface area contributed by atoms with Crippen molar-refractivity contribution in [2.24, 2.45) is 0 Å². The van der Waals surface area contributed by atoms with E-state index in [9.17, 15) is 24.9 Å². The average molecular weight is 663 g/mol. The quantitative estimate of drug-likeness (QED) is 0.170. The number of carbonyl (C=O) groups excluding carboxylic acids is 2. The van der Waals surface area contributed by atoms with Gasteiger partial charge in [-0.3, -0.25) is 9.59 Å². The van der Waals surface area contributed by atoms with Gasteiger partial charge >= 0.3 is 0 Å². The summed E-state index contributed by atoms with van der Waals surface area (Å²) in [5, 5.41) is 33.0. The third-order valence-electron chi connectivity index (χ3n) is 6.72. The molecular formula is C27H39IN2O9. The molecular weight excluding hydrogens is 623 g/mol. The number of benzene rings is 1. The lowest BCUT2D eigenvalue weighted by atomic mass is 9.87. The van der Waals surface area contributed by atoms with Crippen LogP contribution in [0.3, 0.4) is 0 Å². The van der Waals surface area contributed by atoms with Crippen molar-refractivity contribution in [3.8, 4) is 11.5 Å². The number of nitrogens with zero attached hydrogens (tertiary/aromatic N) is 1. The number of ether oxygens (including phenoxy) is 4. The molecule has 12 heteroatoms. The molecule has 2 aliphatic rings. The molecule has 3 rings (SSSR count). The van der Waals surface area contributed by atoms with Crippen molar-refractivity contribution >= 4 is 34.4 Å². The van der Waals surface area contributed by atoms with Gasteiger partial charge < -0.3 is 44.5 Å². The number of aliphatic hydroxyl groups excluding tert-OH is 3. The second-order valence-corrected chi connectivity index (χ2v) is 10.5. The second-order valence-electron chi connectivity index (χ2n) is 9.37. The Labute approximate surface area is 242 Å². The number of halogens is 1. The summed E-state index contributed by atoms with van der Waals surface area (Å²) >= 11 is 2.06. The van der Waals surface area contributed by atoms with Crippen molar-refractivity contribution in [3.05, 3.63) is 32.9 Å². The van der Waals surface area contributed by atoms with Gasteiger partial charge in [-0.15, -0.1) is 0 Å². The van der Waals surface area contributed by atoms with Crippen LogP contribution in [0, 0.1) is 3.57 Å². The van der Waals surface area contributed by atoms with Crippen LogP contribution in [0.4, 0.5) is 0 Å². The van der Waals surface area contributed by atoms with E-state index in [2.05, 4.69) is 27.9 Å². The molecule has 1 saturated heterocycles. The third kappa shape index (κ3) is 8.27. The van der Waals surface area contributed by atoms with Crippen LogP contribution in [0.25, 0.3) is 0 Å². The Bertz CT molecular complexity index is 1000. The molecule has 0 bridgehead atoms. The maximum absolute atomic E-state index is 13.6. The van der Waals surface area contributed by atoms with Crippen LogP contribution in [0.2, 0.25) is 0 Å². The van der Waals surface area contributed by atoms with Gasteiger partial charge in [0.05, 0.1) is 29.9 Å².